The maximum absolute atomic E-state index is 5.72. The number of piperidine rings is 1. The number of benzene rings is 1. The van der Waals surface area contributed by atoms with Crippen LogP contribution in [-0.2, 0) is 6.54 Å². The first-order valence-electron chi connectivity index (χ1n) is 7.27. The van der Waals surface area contributed by atoms with Crippen LogP contribution in [0.1, 0.15) is 45.1 Å². The molecule has 0 atom stereocenters. The van der Waals surface area contributed by atoms with Gasteiger partial charge in [-0.3, -0.25) is 0 Å². The summed E-state index contributed by atoms with van der Waals surface area (Å²) < 4.78 is 0. The average molecular weight is 246 g/mol. The second-order valence-electron chi connectivity index (χ2n) is 5.57. The highest BCUT2D eigenvalue weighted by Crippen LogP contribution is 2.39. The van der Waals surface area contributed by atoms with Crippen LogP contribution in [0, 0.1) is 5.41 Å². The second kappa shape index (κ2) is 5.75. The van der Waals surface area contributed by atoms with E-state index >= 15 is 0 Å². The van der Waals surface area contributed by atoms with E-state index in [0.717, 1.165) is 0 Å². The summed E-state index contributed by atoms with van der Waals surface area (Å²) in [5, 5.41) is 0. The average Bonchev–Trinajstić information content (AvgIpc) is 2.47. The largest absolute Gasteiger partial charge is 0.371 e. The lowest BCUT2D eigenvalue weighted by atomic mass is 9.74. The van der Waals surface area contributed by atoms with Crippen LogP contribution in [-0.4, -0.2) is 13.1 Å². The van der Waals surface area contributed by atoms with Gasteiger partial charge in [0, 0.05) is 25.3 Å². The molecule has 1 fully saturated rings. The first-order valence-corrected chi connectivity index (χ1v) is 7.27. The van der Waals surface area contributed by atoms with E-state index in [-0.39, 0.29) is 0 Å². The third-order valence-corrected chi connectivity index (χ3v) is 4.84. The molecule has 0 aromatic heterocycles. The molecule has 0 aliphatic carbocycles. The zero-order valence-corrected chi connectivity index (χ0v) is 11.8. The molecule has 2 nitrogen and oxygen atoms in total. The van der Waals surface area contributed by atoms with Crippen molar-refractivity contribution in [1.82, 2.24) is 0 Å². The zero-order chi connectivity index (χ0) is 13.0. The maximum Gasteiger partial charge on any atom is 0.0369 e. The molecule has 2 rings (SSSR count). The third-order valence-electron chi connectivity index (χ3n) is 4.84. The van der Waals surface area contributed by atoms with Crippen molar-refractivity contribution in [3.8, 4) is 0 Å². The molecule has 2 heteroatoms. The maximum atomic E-state index is 5.72. The fraction of sp³-hybridized carbons (Fsp3) is 0.625. The Labute approximate surface area is 111 Å². The van der Waals surface area contributed by atoms with Gasteiger partial charge in [-0.1, -0.05) is 38.8 Å². The van der Waals surface area contributed by atoms with Crippen LogP contribution in [0.5, 0.6) is 0 Å². The van der Waals surface area contributed by atoms with Gasteiger partial charge in [0.2, 0.25) is 0 Å². The Kier molecular flexibility index (Phi) is 4.28. The van der Waals surface area contributed by atoms with E-state index in [1.165, 1.54) is 50.0 Å². The number of nitrogens with zero attached hydrogens (tertiary/aromatic N) is 1. The van der Waals surface area contributed by atoms with Crippen LogP contribution in [0.2, 0.25) is 0 Å². The van der Waals surface area contributed by atoms with Gasteiger partial charge >= 0.3 is 0 Å². The van der Waals surface area contributed by atoms with E-state index in [1.807, 2.05) is 0 Å². The van der Waals surface area contributed by atoms with Gasteiger partial charge in [0.25, 0.3) is 0 Å². The van der Waals surface area contributed by atoms with Crippen LogP contribution in [0.25, 0.3) is 0 Å². The molecule has 0 saturated carbocycles. The van der Waals surface area contributed by atoms with E-state index in [1.54, 1.807) is 0 Å². The smallest absolute Gasteiger partial charge is 0.0369 e. The van der Waals surface area contributed by atoms with Gasteiger partial charge in [-0.05, 0) is 36.0 Å². The lowest BCUT2D eigenvalue weighted by molar-refractivity contribution is 0.199. The van der Waals surface area contributed by atoms with Crippen LogP contribution >= 0.6 is 0 Å². The van der Waals surface area contributed by atoms with E-state index < -0.39 is 0 Å². The van der Waals surface area contributed by atoms with Crippen molar-refractivity contribution in [2.75, 3.05) is 18.0 Å². The minimum absolute atomic E-state index is 0.599. The van der Waals surface area contributed by atoms with Gasteiger partial charge in [-0.25, -0.2) is 0 Å². The van der Waals surface area contributed by atoms with Gasteiger partial charge in [0.1, 0.15) is 0 Å². The molecular weight excluding hydrogens is 220 g/mol. The molecule has 18 heavy (non-hydrogen) atoms. The molecular formula is C16H26N2. The minimum Gasteiger partial charge on any atom is -0.371 e. The Bertz CT molecular complexity index is 372. The molecule has 0 spiro atoms. The molecule has 0 radical (unpaired) electrons. The van der Waals surface area contributed by atoms with Crippen LogP contribution in [0.15, 0.2) is 24.3 Å². The van der Waals surface area contributed by atoms with Crippen LogP contribution in [0.4, 0.5) is 5.69 Å². The first kappa shape index (κ1) is 13.4. The lowest BCUT2D eigenvalue weighted by Crippen LogP contribution is -2.39. The summed E-state index contributed by atoms with van der Waals surface area (Å²) in [6.45, 7) is 7.70. The van der Waals surface area contributed by atoms with Crippen molar-refractivity contribution in [3.05, 3.63) is 29.8 Å². The minimum atomic E-state index is 0.599. The third kappa shape index (κ3) is 2.69. The quantitative estimate of drug-likeness (QED) is 0.880. The van der Waals surface area contributed by atoms with Gasteiger partial charge in [0.05, 0.1) is 0 Å². The van der Waals surface area contributed by atoms with Crippen molar-refractivity contribution in [1.29, 1.82) is 0 Å². The summed E-state index contributed by atoms with van der Waals surface area (Å²) in [5.41, 5.74) is 8.89. The summed E-state index contributed by atoms with van der Waals surface area (Å²) in [7, 11) is 0. The molecule has 1 aliphatic rings. The summed E-state index contributed by atoms with van der Waals surface area (Å²) >= 11 is 0. The summed E-state index contributed by atoms with van der Waals surface area (Å²) in [4.78, 5) is 2.52. The molecule has 0 unspecified atom stereocenters. The standard InChI is InChI=1S/C16H26N2/c1-3-16(4-2)8-10-18(11-9-16)15-7-5-6-14(12-15)13-17/h5-7,12H,3-4,8-11,13,17H2,1-2H3. The predicted octanol–water partition coefficient (Wildman–Crippen LogP) is 3.55. The highest BCUT2D eigenvalue weighted by atomic mass is 15.1. The number of hydrogen-bond donors (Lipinski definition) is 1. The van der Waals surface area contributed by atoms with Crippen molar-refractivity contribution >= 4 is 5.69 Å². The van der Waals surface area contributed by atoms with Gasteiger partial charge in [-0.15, -0.1) is 0 Å². The van der Waals surface area contributed by atoms with Crippen molar-refractivity contribution in [2.45, 2.75) is 46.1 Å². The summed E-state index contributed by atoms with van der Waals surface area (Å²) in [6, 6.07) is 8.68. The second-order valence-corrected chi connectivity index (χ2v) is 5.57. The van der Waals surface area contributed by atoms with Gasteiger partial charge < -0.3 is 10.6 Å². The van der Waals surface area contributed by atoms with Crippen LogP contribution < -0.4 is 10.6 Å². The van der Waals surface area contributed by atoms with Crippen molar-refractivity contribution in [2.24, 2.45) is 11.1 Å². The van der Waals surface area contributed by atoms with E-state index in [2.05, 4.69) is 43.0 Å². The Balaban J connectivity index is 2.04. The highest BCUT2D eigenvalue weighted by molar-refractivity contribution is 5.49. The summed E-state index contributed by atoms with van der Waals surface area (Å²) in [6.07, 6.45) is 5.29. The fourth-order valence-electron chi connectivity index (χ4n) is 3.08. The Morgan fingerprint density at radius 2 is 1.83 bits per heavy atom. The Morgan fingerprint density at radius 1 is 1.17 bits per heavy atom. The van der Waals surface area contributed by atoms with Crippen LogP contribution in [0.3, 0.4) is 0 Å². The Hall–Kier alpha value is -1.02. The number of nitrogens with two attached hydrogens (primary N) is 1. The molecule has 1 heterocycles. The molecule has 100 valence electrons. The molecule has 1 aromatic carbocycles. The fourth-order valence-corrected chi connectivity index (χ4v) is 3.08. The van der Waals surface area contributed by atoms with Gasteiger partial charge in [0.15, 0.2) is 0 Å². The van der Waals surface area contributed by atoms with Crippen molar-refractivity contribution < 1.29 is 0 Å². The molecule has 1 aliphatic heterocycles. The topological polar surface area (TPSA) is 29.3 Å². The Morgan fingerprint density at radius 3 is 2.39 bits per heavy atom. The molecule has 1 saturated heterocycles. The molecule has 0 bridgehead atoms. The highest BCUT2D eigenvalue weighted by Gasteiger charge is 2.31. The predicted molar refractivity (Wildman–Crippen MR) is 78.8 cm³/mol. The number of anilines is 1. The van der Waals surface area contributed by atoms with E-state index in [4.69, 9.17) is 5.73 Å². The molecule has 0 amide bonds. The zero-order valence-electron chi connectivity index (χ0n) is 11.8. The number of hydrogen-bond acceptors (Lipinski definition) is 2. The number of rotatable bonds is 4. The first-order chi connectivity index (χ1) is 8.73. The summed E-state index contributed by atoms with van der Waals surface area (Å²) in [5.74, 6) is 0. The monoisotopic (exact) mass is 246 g/mol. The lowest BCUT2D eigenvalue weighted by Gasteiger charge is -2.42. The van der Waals surface area contributed by atoms with Gasteiger partial charge in [-0.2, -0.15) is 0 Å². The SMILES string of the molecule is CCC1(CC)CCN(c2cccc(CN)c2)CC1. The van der Waals surface area contributed by atoms with E-state index in [0.29, 0.717) is 12.0 Å². The van der Waals surface area contributed by atoms with E-state index in [9.17, 15) is 0 Å². The normalized spacial score (nSPS) is 18.9. The molecule has 1 aromatic rings. The molecule has 2 N–H and O–H groups in total. The van der Waals surface area contributed by atoms with Crippen molar-refractivity contribution in [3.63, 3.8) is 0 Å².